The van der Waals surface area contributed by atoms with Crippen molar-refractivity contribution in [1.29, 1.82) is 0 Å². The van der Waals surface area contributed by atoms with Crippen molar-refractivity contribution in [2.75, 3.05) is 7.05 Å². The van der Waals surface area contributed by atoms with Crippen molar-refractivity contribution in [3.05, 3.63) is 71.4 Å². The number of urea groups is 1. The number of carbonyl (C=O) groups is 4. The molecule has 1 heterocycles. The van der Waals surface area contributed by atoms with Gasteiger partial charge in [0, 0.05) is 18.8 Å². The van der Waals surface area contributed by atoms with Crippen LogP contribution in [-0.4, -0.2) is 76.3 Å². The molecule has 3 N–H and O–H groups in total. The Morgan fingerprint density at radius 1 is 1.06 bits per heavy atom. The second-order valence-electron chi connectivity index (χ2n) is 7.71. The summed E-state index contributed by atoms with van der Waals surface area (Å²) in [7, 11) is 1.50. The second-order valence-corrected chi connectivity index (χ2v) is 7.71. The number of carbonyl (C=O) groups excluding carboxylic acids is 3. The minimum atomic E-state index is -1.35. The van der Waals surface area contributed by atoms with Crippen LogP contribution in [-0.2, 0) is 14.4 Å². The van der Waals surface area contributed by atoms with Crippen LogP contribution in [0.3, 0.4) is 0 Å². The average Bonchev–Trinajstić information content (AvgIpc) is 2.75. The monoisotopic (exact) mass is 459 g/mol. The van der Waals surface area contributed by atoms with Crippen LogP contribution in [0.25, 0.3) is 11.1 Å². The van der Waals surface area contributed by atoms with Gasteiger partial charge in [0.15, 0.2) is 11.8 Å². The quantitative estimate of drug-likeness (QED) is 0.452. The number of amides is 3. The topological polar surface area (TPSA) is 116 Å². The minimum absolute atomic E-state index is 0. The molecule has 0 saturated heterocycles. The normalized spacial score (nSPS) is 16.4. The van der Waals surface area contributed by atoms with Gasteiger partial charge in [0.2, 0.25) is 0 Å². The fourth-order valence-electron chi connectivity index (χ4n) is 3.79. The number of ketones is 1. The van der Waals surface area contributed by atoms with Crippen LogP contribution in [0, 0.1) is 6.92 Å². The average molecular weight is 459 g/mol. The van der Waals surface area contributed by atoms with E-state index in [2.05, 4.69) is 10.6 Å². The molecule has 1 unspecified atom stereocenters. The molecule has 2 aromatic rings. The summed E-state index contributed by atoms with van der Waals surface area (Å²) in [6.45, 7) is 3.42. The third kappa shape index (κ3) is 6.10. The van der Waals surface area contributed by atoms with Crippen molar-refractivity contribution in [3.63, 3.8) is 0 Å². The summed E-state index contributed by atoms with van der Waals surface area (Å²) in [5.74, 6) is -2.16. The van der Waals surface area contributed by atoms with Crippen molar-refractivity contribution in [3.8, 4) is 11.1 Å². The van der Waals surface area contributed by atoms with E-state index in [1.165, 1.54) is 18.1 Å². The van der Waals surface area contributed by atoms with Crippen molar-refractivity contribution < 1.29 is 24.3 Å². The van der Waals surface area contributed by atoms with Gasteiger partial charge in [-0.2, -0.15) is 0 Å². The van der Waals surface area contributed by atoms with Gasteiger partial charge in [-0.15, -0.1) is 0 Å². The van der Waals surface area contributed by atoms with E-state index in [0.717, 1.165) is 16.7 Å². The molecule has 33 heavy (non-hydrogen) atoms. The SMILES string of the molecule is CC1=CN(C)C(=O)C(NC(=O)N[C@@H](CC(=O)O)c2cccc(-c3ccccc3)c2C)C1=O.[NaH]. The van der Waals surface area contributed by atoms with Crippen molar-refractivity contribution in [2.45, 2.75) is 32.4 Å². The molecule has 3 amide bonds. The fourth-order valence-corrected chi connectivity index (χ4v) is 3.79. The molecular formula is C24H26N3NaO5. The third-order valence-corrected chi connectivity index (χ3v) is 5.43. The van der Waals surface area contributed by atoms with Crippen LogP contribution in [0.2, 0.25) is 0 Å². The fraction of sp³-hybridized carbons (Fsp3) is 0.250. The van der Waals surface area contributed by atoms with Gasteiger partial charge in [-0.3, -0.25) is 14.4 Å². The maximum absolute atomic E-state index is 12.7. The number of hydrogen-bond donors (Lipinski definition) is 3. The molecule has 2 atom stereocenters. The van der Waals surface area contributed by atoms with Crippen LogP contribution in [0.15, 0.2) is 60.3 Å². The first-order valence-electron chi connectivity index (χ1n) is 10.1. The van der Waals surface area contributed by atoms with Gasteiger partial charge in [-0.1, -0.05) is 48.5 Å². The third-order valence-electron chi connectivity index (χ3n) is 5.43. The standard InChI is InChI=1S/C24H25N3O5.Na.H/c1-14-13-27(3)23(31)21(22(14)30)26-24(32)25-19(12-20(28)29)18-11-7-10-17(15(18)2)16-8-5-4-6-9-16;;/h4-11,13,19,21H,12H2,1-3H3,(H,28,29)(H2,25,26,32);;/t19-,21?;;/m0../s1. The summed E-state index contributed by atoms with van der Waals surface area (Å²) in [5, 5.41) is 14.4. The summed E-state index contributed by atoms with van der Waals surface area (Å²) >= 11 is 0. The Morgan fingerprint density at radius 3 is 2.36 bits per heavy atom. The van der Waals surface area contributed by atoms with E-state index in [9.17, 15) is 24.3 Å². The van der Waals surface area contributed by atoms with Crippen molar-refractivity contribution in [2.24, 2.45) is 0 Å². The second kappa shape index (κ2) is 11.3. The molecule has 0 bridgehead atoms. The van der Waals surface area contributed by atoms with Gasteiger partial charge in [0.25, 0.3) is 5.91 Å². The first-order chi connectivity index (χ1) is 15.2. The first kappa shape index (κ1) is 26.3. The van der Waals surface area contributed by atoms with Crippen LogP contribution in [0.5, 0.6) is 0 Å². The van der Waals surface area contributed by atoms with Crippen LogP contribution < -0.4 is 10.6 Å². The number of nitrogens with one attached hydrogen (secondary N) is 2. The zero-order valence-corrected chi connectivity index (χ0v) is 18.1. The molecule has 0 spiro atoms. The summed E-state index contributed by atoms with van der Waals surface area (Å²) < 4.78 is 0. The van der Waals surface area contributed by atoms with Gasteiger partial charge in [0.05, 0.1) is 12.5 Å². The number of likely N-dealkylation sites (N-methyl/N-ethyl adjacent to an activating group) is 1. The first-order valence-corrected chi connectivity index (χ1v) is 10.1. The predicted octanol–water partition coefficient (Wildman–Crippen LogP) is 2.14. The molecule has 8 nitrogen and oxygen atoms in total. The van der Waals surface area contributed by atoms with Crippen LogP contribution in [0.1, 0.15) is 30.5 Å². The molecule has 0 aliphatic carbocycles. The number of carboxylic acid groups (broad SMARTS) is 1. The van der Waals surface area contributed by atoms with Crippen molar-refractivity contribution in [1.82, 2.24) is 15.5 Å². The van der Waals surface area contributed by atoms with Gasteiger partial charge in [0.1, 0.15) is 0 Å². The Kier molecular flexibility index (Phi) is 8.99. The molecule has 1 aliphatic rings. The Morgan fingerprint density at radius 2 is 1.73 bits per heavy atom. The Balaban J connectivity index is 0.00000385. The summed E-state index contributed by atoms with van der Waals surface area (Å²) in [6, 6.07) is 12.1. The zero-order chi connectivity index (χ0) is 23.4. The molecule has 0 saturated carbocycles. The molecule has 0 aromatic heterocycles. The van der Waals surface area contributed by atoms with E-state index >= 15 is 0 Å². The van der Waals surface area contributed by atoms with E-state index in [0.29, 0.717) is 11.1 Å². The number of benzene rings is 2. The number of aliphatic carboxylic acids is 1. The number of rotatable bonds is 6. The molecule has 168 valence electrons. The molecule has 3 rings (SSSR count). The Labute approximate surface area is 214 Å². The van der Waals surface area contributed by atoms with E-state index in [1.54, 1.807) is 19.1 Å². The van der Waals surface area contributed by atoms with Crippen LogP contribution >= 0.6 is 0 Å². The molecule has 1 aliphatic heterocycles. The zero-order valence-electron chi connectivity index (χ0n) is 18.1. The molecule has 0 radical (unpaired) electrons. The Hall–Kier alpha value is -2.94. The van der Waals surface area contributed by atoms with Gasteiger partial charge in [-0.25, -0.2) is 4.79 Å². The van der Waals surface area contributed by atoms with Crippen molar-refractivity contribution >= 4 is 53.2 Å². The number of hydrogen-bond acceptors (Lipinski definition) is 4. The Bertz CT molecular complexity index is 1100. The predicted molar refractivity (Wildman–Crippen MR) is 126 cm³/mol. The number of Topliss-reactive ketones (excluding diaryl/α,β-unsaturated/α-hetero) is 1. The van der Waals surface area contributed by atoms with E-state index < -0.39 is 35.8 Å². The summed E-state index contributed by atoms with van der Waals surface area (Å²) in [6.07, 6.45) is 1.05. The summed E-state index contributed by atoms with van der Waals surface area (Å²) in [4.78, 5) is 50.1. The van der Waals surface area contributed by atoms with Gasteiger partial charge < -0.3 is 20.6 Å². The van der Waals surface area contributed by atoms with Gasteiger partial charge >= 0.3 is 41.6 Å². The van der Waals surface area contributed by atoms with Gasteiger partial charge in [-0.05, 0) is 36.1 Å². The maximum atomic E-state index is 12.7. The molecule has 9 heteroatoms. The van der Waals surface area contributed by atoms with E-state index in [1.807, 2.05) is 43.3 Å². The summed E-state index contributed by atoms with van der Waals surface area (Å²) in [5.41, 5.74) is 3.69. The van der Waals surface area contributed by atoms with E-state index in [-0.39, 0.29) is 36.0 Å². The molecule has 0 fully saturated rings. The van der Waals surface area contributed by atoms with Crippen LogP contribution in [0.4, 0.5) is 4.79 Å². The molecular weight excluding hydrogens is 433 g/mol. The number of nitrogens with zero attached hydrogens (tertiary/aromatic N) is 1. The molecule has 2 aromatic carbocycles. The number of carboxylic acids is 1. The van der Waals surface area contributed by atoms with E-state index in [4.69, 9.17) is 0 Å².